The lowest BCUT2D eigenvalue weighted by Gasteiger charge is -2.03. The van der Waals surface area contributed by atoms with Crippen molar-refractivity contribution in [2.45, 2.75) is 6.18 Å². The lowest BCUT2D eigenvalue weighted by molar-refractivity contribution is -0.141. The Morgan fingerprint density at radius 1 is 1.20 bits per heavy atom. The fourth-order valence-corrected chi connectivity index (χ4v) is 1.84. The molecule has 0 amide bonds. The normalized spacial score (nSPS) is 10.9. The van der Waals surface area contributed by atoms with Crippen molar-refractivity contribution >= 4 is 11.6 Å². The summed E-state index contributed by atoms with van der Waals surface area (Å²) in [7, 11) is 0. The summed E-state index contributed by atoms with van der Waals surface area (Å²) in [6.07, 6.45) is -4.78. The average molecular weight is 297 g/mol. The van der Waals surface area contributed by atoms with Crippen LogP contribution in [0.25, 0.3) is 5.69 Å². The summed E-state index contributed by atoms with van der Waals surface area (Å²) < 4.78 is 39.0. The van der Waals surface area contributed by atoms with Crippen molar-refractivity contribution in [3.8, 4) is 17.8 Å². The van der Waals surface area contributed by atoms with Gasteiger partial charge < -0.3 is 0 Å². The van der Waals surface area contributed by atoms with E-state index in [1.54, 1.807) is 0 Å². The summed E-state index contributed by atoms with van der Waals surface area (Å²) in [5, 5.41) is 20.4. The predicted molar refractivity (Wildman–Crippen MR) is 63.0 cm³/mol. The second-order valence-electron chi connectivity index (χ2n) is 3.70. The molecule has 2 rings (SSSR count). The van der Waals surface area contributed by atoms with Gasteiger partial charge in [-0.05, 0) is 18.2 Å². The molecule has 0 N–H and O–H groups in total. The van der Waals surface area contributed by atoms with E-state index >= 15 is 0 Å². The first kappa shape index (κ1) is 13.9. The molecule has 100 valence electrons. The number of nitrogens with zero attached hydrogens (tertiary/aromatic N) is 4. The number of halogens is 4. The quantitative estimate of drug-likeness (QED) is 0.811. The van der Waals surface area contributed by atoms with E-state index in [9.17, 15) is 13.2 Å². The van der Waals surface area contributed by atoms with Gasteiger partial charge in [0, 0.05) is 0 Å². The number of benzene rings is 1. The van der Waals surface area contributed by atoms with E-state index in [4.69, 9.17) is 22.1 Å². The minimum absolute atomic E-state index is 0.168. The molecular weight excluding hydrogens is 293 g/mol. The Kier molecular flexibility index (Phi) is 3.39. The highest BCUT2D eigenvalue weighted by Gasteiger charge is 2.39. The second-order valence-corrected chi connectivity index (χ2v) is 4.06. The maximum absolute atomic E-state index is 12.8. The van der Waals surface area contributed by atoms with Gasteiger partial charge in [0.25, 0.3) is 0 Å². The van der Waals surface area contributed by atoms with Gasteiger partial charge in [-0.25, -0.2) is 4.68 Å². The fourth-order valence-electron chi connectivity index (χ4n) is 1.57. The van der Waals surface area contributed by atoms with Crippen molar-refractivity contribution in [2.75, 3.05) is 0 Å². The molecule has 1 heterocycles. The van der Waals surface area contributed by atoms with Crippen LogP contribution in [0, 0.1) is 22.7 Å². The molecule has 0 saturated carbocycles. The van der Waals surface area contributed by atoms with Crippen LogP contribution in [-0.2, 0) is 6.18 Å². The zero-order valence-corrected chi connectivity index (χ0v) is 10.4. The van der Waals surface area contributed by atoms with E-state index < -0.39 is 22.6 Å². The summed E-state index contributed by atoms with van der Waals surface area (Å²) in [6.45, 7) is 0. The largest absolute Gasteiger partial charge is 0.436 e. The Hall–Kier alpha value is -2.51. The van der Waals surface area contributed by atoms with Gasteiger partial charge >= 0.3 is 6.18 Å². The smallest absolute Gasteiger partial charge is 0.220 e. The molecule has 0 saturated heterocycles. The van der Waals surface area contributed by atoms with Crippen molar-refractivity contribution < 1.29 is 13.2 Å². The van der Waals surface area contributed by atoms with Crippen LogP contribution in [0.1, 0.15) is 16.8 Å². The minimum atomic E-state index is -4.78. The molecule has 4 nitrogen and oxygen atoms in total. The van der Waals surface area contributed by atoms with Crippen LogP contribution < -0.4 is 0 Å². The van der Waals surface area contributed by atoms with Crippen molar-refractivity contribution in [1.82, 2.24) is 9.78 Å². The first-order chi connectivity index (χ1) is 9.38. The maximum Gasteiger partial charge on any atom is 0.436 e. The third-order valence-electron chi connectivity index (χ3n) is 2.43. The minimum Gasteiger partial charge on any atom is -0.220 e. The highest BCUT2D eigenvalue weighted by atomic mass is 35.5. The van der Waals surface area contributed by atoms with E-state index in [1.807, 2.05) is 6.07 Å². The van der Waals surface area contributed by atoms with Gasteiger partial charge in [-0.2, -0.15) is 28.8 Å². The highest BCUT2D eigenvalue weighted by Crippen LogP contribution is 2.35. The highest BCUT2D eigenvalue weighted by molar-refractivity contribution is 6.31. The monoisotopic (exact) mass is 296 g/mol. The van der Waals surface area contributed by atoms with Crippen LogP contribution in [0.3, 0.4) is 0 Å². The van der Waals surface area contributed by atoms with Crippen molar-refractivity contribution in [3.05, 3.63) is 46.2 Å². The zero-order valence-electron chi connectivity index (χ0n) is 9.61. The van der Waals surface area contributed by atoms with Crippen molar-refractivity contribution in [2.24, 2.45) is 0 Å². The zero-order chi connectivity index (χ0) is 14.9. The molecule has 2 aromatic rings. The summed E-state index contributed by atoms with van der Waals surface area (Å²) in [5.41, 5.74) is -1.70. The molecule has 0 radical (unpaired) electrons. The summed E-state index contributed by atoms with van der Waals surface area (Å²) in [5.74, 6) is 0. The SMILES string of the molecule is N#Cc1cccc(-n2nc(C(F)(F)F)c(C#N)c2Cl)c1. The standard InChI is InChI=1S/C12H4ClF3N4/c13-11-9(6-18)10(12(14,15)16)19-20(11)8-3-1-2-7(4-8)5-17/h1-4H. The molecule has 0 atom stereocenters. The van der Waals surface area contributed by atoms with Gasteiger partial charge in [0.1, 0.15) is 11.6 Å². The van der Waals surface area contributed by atoms with E-state index in [-0.39, 0.29) is 11.3 Å². The lowest BCUT2D eigenvalue weighted by atomic mass is 10.2. The molecule has 20 heavy (non-hydrogen) atoms. The van der Waals surface area contributed by atoms with Crippen LogP contribution >= 0.6 is 11.6 Å². The Morgan fingerprint density at radius 3 is 2.40 bits per heavy atom. The average Bonchev–Trinajstić information content (AvgIpc) is 2.75. The summed E-state index contributed by atoms with van der Waals surface area (Å²) in [4.78, 5) is 0. The van der Waals surface area contributed by atoms with Gasteiger partial charge in [-0.3, -0.25) is 0 Å². The molecule has 1 aromatic heterocycles. The molecule has 0 aliphatic carbocycles. The van der Waals surface area contributed by atoms with E-state index in [2.05, 4.69) is 5.10 Å². The van der Waals surface area contributed by atoms with E-state index in [0.717, 1.165) is 4.68 Å². The Labute approximate surface area is 116 Å². The van der Waals surface area contributed by atoms with Gasteiger partial charge in [0.05, 0.1) is 17.3 Å². The summed E-state index contributed by atoms with van der Waals surface area (Å²) in [6, 6.07) is 8.95. The second kappa shape index (κ2) is 4.87. The van der Waals surface area contributed by atoms with Crippen LogP contribution in [0.4, 0.5) is 13.2 Å². The summed E-state index contributed by atoms with van der Waals surface area (Å²) >= 11 is 5.76. The van der Waals surface area contributed by atoms with Crippen molar-refractivity contribution in [1.29, 1.82) is 10.5 Å². The number of aromatic nitrogens is 2. The van der Waals surface area contributed by atoms with Crippen LogP contribution in [-0.4, -0.2) is 9.78 Å². The number of nitriles is 2. The van der Waals surface area contributed by atoms with Crippen LogP contribution in [0.2, 0.25) is 5.15 Å². The van der Waals surface area contributed by atoms with Crippen LogP contribution in [0.5, 0.6) is 0 Å². The molecule has 0 spiro atoms. The Bertz CT molecular complexity index is 750. The molecule has 0 aliphatic heterocycles. The first-order valence-electron chi connectivity index (χ1n) is 5.15. The first-order valence-corrected chi connectivity index (χ1v) is 5.52. The molecule has 0 fully saturated rings. The number of hydrogen-bond donors (Lipinski definition) is 0. The molecule has 1 aromatic carbocycles. The van der Waals surface area contributed by atoms with Gasteiger partial charge in [0.2, 0.25) is 0 Å². The van der Waals surface area contributed by atoms with Gasteiger partial charge in [0.15, 0.2) is 10.8 Å². The molecule has 0 aliphatic rings. The van der Waals surface area contributed by atoms with Crippen molar-refractivity contribution in [3.63, 3.8) is 0 Å². The lowest BCUT2D eigenvalue weighted by Crippen LogP contribution is -2.08. The Morgan fingerprint density at radius 2 is 1.90 bits per heavy atom. The molecule has 0 bridgehead atoms. The number of rotatable bonds is 1. The topological polar surface area (TPSA) is 65.4 Å². The van der Waals surface area contributed by atoms with Gasteiger partial charge in [-0.1, -0.05) is 17.7 Å². The molecular formula is C12H4ClF3N4. The number of hydrogen-bond acceptors (Lipinski definition) is 3. The number of alkyl halides is 3. The van der Waals surface area contributed by atoms with Gasteiger partial charge in [-0.15, -0.1) is 0 Å². The third kappa shape index (κ3) is 2.31. The fraction of sp³-hybridized carbons (Fsp3) is 0.0833. The Balaban J connectivity index is 2.68. The van der Waals surface area contributed by atoms with Crippen LogP contribution in [0.15, 0.2) is 24.3 Å². The predicted octanol–water partition coefficient (Wildman–Crippen LogP) is 3.29. The molecule has 8 heteroatoms. The van der Waals surface area contributed by atoms with E-state index in [0.29, 0.717) is 0 Å². The molecule has 0 unspecified atom stereocenters. The third-order valence-corrected chi connectivity index (χ3v) is 2.78. The van der Waals surface area contributed by atoms with E-state index in [1.165, 1.54) is 30.3 Å². The maximum atomic E-state index is 12.8.